The average Bonchev–Trinajstić information content (AvgIpc) is 1.93. The van der Waals surface area contributed by atoms with Gasteiger partial charge in [-0.15, -0.1) is 0 Å². The van der Waals surface area contributed by atoms with Gasteiger partial charge in [-0.1, -0.05) is 0 Å². The van der Waals surface area contributed by atoms with Crippen molar-refractivity contribution >= 4 is 7.32 Å². The van der Waals surface area contributed by atoms with Gasteiger partial charge in [0.2, 0.25) is 0 Å². The van der Waals surface area contributed by atoms with E-state index in [4.69, 9.17) is 0 Å². The van der Waals surface area contributed by atoms with E-state index in [2.05, 4.69) is 4.65 Å². The van der Waals surface area contributed by atoms with Gasteiger partial charge in [-0.2, -0.15) is 0 Å². The van der Waals surface area contributed by atoms with Gasteiger partial charge < -0.3 is 25.7 Å². The Hall–Kier alpha value is 0.855. The van der Waals surface area contributed by atoms with Crippen molar-refractivity contribution in [1.29, 1.82) is 0 Å². The monoisotopic (exact) mass is 236 g/mol. The Morgan fingerprint density at radius 1 is 1.00 bits per heavy atom. The third-order valence-corrected chi connectivity index (χ3v) is 1.05. The standard InChI is InChI=1S/C6H4BFO3.2Na.2H2O/c8-5-1-3-6(4-2-5)11-7(9)10;;;;/h1-4H;;;2*1H2/q-2;2*+1;;. The number of halogens is 1. The Morgan fingerprint density at radius 2 is 1.40 bits per heavy atom. The van der Waals surface area contributed by atoms with Crippen LogP contribution in [-0.2, 0) is 0 Å². The summed E-state index contributed by atoms with van der Waals surface area (Å²) in [5.74, 6) is -0.355. The number of hydrogen-bond donors (Lipinski definition) is 0. The predicted octanol–water partition coefficient (Wildman–Crippen LogP) is -8.73. The SMILES string of the molecule is O.O.[Na+].[Na+].[O-]B([O-])Oc1ccc(F)cc1. The third kappa shape index (κ3) is 11.1. The van der Waals surface area contributed by atoms with E-state index >= 15 is 0 Å². The van der Waals surface area contributed by atoms with E-state index in [1.807, 2.05) is 0 Å². The van der Waals surface area contributed by atoms with E-state index < -0.39 is 13.1 Å². The molecule has 74 valence electrons. The molecule has 0 bridgehead atoms. The zero-order chi connectivity index (χ0) is 8.27. The average molecular weight is 236 g/mol. The fourth-order valence-corrected chi connectivity index (χ4v) is 0.624. The molecule has 1 aromatic carbocycles. The molecule has 0 atom stereocenters. The van der Waals surface area contributed by atoms with Crippen LogP contribution in [0.4, 0.5) is 4.39 Å². The van der Waals surface area contributed by atoms with Crippen LogP contribution in [0, 0.1) is 5.82 Å². The molecule has 0 aromatic heterocycles. The second-order valence-corrected chi connectivity index (χ2v) is 1.86. The van der Waals surface area contributed by atoms with Crippen molar-refractivity contribution in [2.75, 3.05) is 0 Å². The zero-order valence-corrected chi connectivity index (χ0v) is 12.5. The summed E-state index contributed by atoms with van der Waals surface area (Å²) < 4.78 is 16.4. The summed E-state index contributed by atoms with van der Waals surface area (Å²) in [6.45, 7) is 0. The fraction of sp³-hybridized carbons (Fsp3) is 0. The van der Waals surface area contributed by atoms with Gasteiger partial charge in [0.25, 0.3) is 0 Å². The molecule has 5 nitrogen and oxygen atoms in total. The van der Waals surface area contributed by atoms with Gasteiger partial charge in [-0.05, 0) is 24.3 Å². The van der Waals surface area contributed by atoms with Gasteiger partial charge in [0.05, 0.1) is 5.75 Å². The molecule has 0 aliphatic heterocycles. The van der Waals surface area contributed by atoms with Crippen molar-refractivity contribution in [3.05, 3.63) is 30.1 Å². The summed E-state index contributed by atoms with van der Waals surface area (Å²) in [5.41, 5.74) is 0. The predicted molar refractivity (Wildman–Crippen MR) is 40.0 cm³/mol. The zero-order valence-electron chi connectivity index (χ0n) is 8.49. The molecule has 0 unspecified atom stereocenters. The van der Waals surface area contributed by atoms with Crippen molar-refractivity contribution < 1.29 is 89.2 Å². The molecule has 0 saturated heterocycles. The van der Waals surface area contributed by atoms with E-state index in [-0.39, 0.29) is 75.8 Å². The Labute approximate surface area is 131 Å². The van der Waals surface area contributed by atoms with Gasteiger partial charge >= 0.3 is 59.1 Å². The maximum absolute atomic E-state index is 12.2. The quantitative estimate of drug-likeness (QED) is 0.474. The van der Waals surface area contributed by atoms with E-state index in [0.717, 1.165) is 12.1 Å². The molecule has 0 amide bonds. The second kappa shape index (κ2) is 12.9. The summed E-state index contributed by atoms with van der Waals surface area (Å²) in [4.78, 5) is 0. The Morgan fingerprint density at radius 3 is 1.73 bits per heavy atom. The fourth-order valence-electron chi connectivity index (χ4n) is 0.624. The van der Waals surface area contributed by atoms with Crippen LogP contribution in [-0.4, -0.2) is 18.3 Å². The molecule has 9 heteroatoms. The number of rotatable bonds is 2. The van der Waals surface area contributed by atoms with Crippen molar-refractivity contribution in [1.82, 2.24) is 0 Å². The largest absolute Gasteiger partial charge is 1.00 e. The van der Waals surface area contributed by atoms with Crippen molar-refractivity contribution in [3.8, 4) is 5.75 Å². The van der Waals surface area contributed by atoms with Crippen LogP contribution < -0.4 is 73.8 Å². The minimum Gasteiger partial charge on any atom is -0.860 e. The van der Waals surface area contributed by atoms with E-state index in [9.17, 15) is 14.4 Å². The van der Waals surface area contributed by atoms with Crippen molar-refractivity contribution in [2.45, 2.75) is 0 Å². The first kappa shape index (κ1) is 24.9. The second-order valence-electron chi connectivity index (χ2n) is 1.86. The first-order chi connectivity index (χ1) is 5.18. The van der Waals surface area contributed by atoms with Gasteiger partial charge in [-0.3, -0.25) is 0 Å². The van der Waals surface area contributed by atoms with Crippen molar-refractivity contribution in [2.24, 2.45) is 0 Å². The molecule has 1 aromatic rings. The first-order valence-electron chi connectivity index (χ1n) is 2.92. The molecule has 4 N–H and O–H groups in total. The van der Waals surface area contributed by atoms with Crippen LogP contribution in [0.25, 0.3) is 0 Å². The van der Waals surface area contributed by atoms with E-state index in [0.29, 0.717) is 0 Å². The van der Waals surface area contributed by atoms with Crippen LogP contribution in [0.15, 0.2) is 24.3 Å². The molecular formula is C6H8BFNa2O5. The minimum absolute atomic E-state index is 0. The first-order valence-corrected chi connectivity index (χ1v) is 2.92. The summed E-state index contributed by atoms with van der Waals surface area (Å²) in [7, 11) is -2.36. The maximum Gasteiger partial charge on any atom is 1.00 e. The summed E-state index contributed by atoms with van der Waals surface area (Å²) in [6.07, 6.45) is 0. The third-order valence-electron chi connectivity index (χ3n) is 1.05. The van der Waals surface area contributed by atoms with Gasteiger partial charge in [-0.25, -0.2) is 4.39 Å². The van der Waals surface area contributed by atoms with E-state index in [1.165, 1.54) is 12.1 Å². The Bertz CT molecular complexity index is 235. The maximum atomic E-state index is 12.2. The van der Waals surface area contributed by atoms with Crippen LogP contribution in [0.3, 0.4) is 0 Å². The molecule has 0 aliphatic carbocycles. The molecule has 15 heavy (non-hydrogen) atoms. The Balaban J connectivity index is -0.000000151. The summed E-state index contributed by atoms with van der Waals surface area (Å²) in [5, 5.41) is 19.8. The van der Waals surface area contributed by atoms with E-state index in [1.54, 1.807) is 0 Å². The molecule has 0 spiro atoms. The molecular weight excluding hydrogens is 228 g/mol. The van der Waals surface area contributed by atoms with Gasteiger partial charge in [0.1, 0.15) is 13.1 Å². The molecule has 0 radical (unpaired) electrons. The van der Waals surface area contributed by atoms with Crippen LogP contribution in [0.2, 0.25) is 0 Å². The smallest absolute Gasteiger partial charge is 0.860 e. The van der Waals surface area contributed by atoms with Crippen molar-refractivity contribution in [3.63, 3.8) is 0 Å². The minimum atomic E-state index is -2.36. The summed E-state index contributed by atoms with van der Waals surface area (Å²) >= 11 is 0. The molecule has 0 aliphatic rings. The number of hydrogen-bond acceptors (Lipinski definition) is 3. The molecule has 1 rings (SSSR count). The number of benzene rings is 1. The van der Waals surface area contributed by atoms with Gasteiger partial charge in [0, 0.05) is 0 Å². The topological polar surface area (TPSA) is 118 Å². The molecule has 0 saturated carbocycles. The molecule has 0 fully saturated rings. The van der Waals surface area contributed by atoms with Crippen LogP contribution in [0.1, 0.15) is 0 Å². The normalized spacial score (nSPS) is 6.87. The molecule has 0 heterocycles. The van der Waals surface area contributed by atoms with Crippen LogP contribution >= 0.6 is 0 Å². The van der Waals surface area contributed by atoms with Crippen LogP contribution in [0.5, 0.6) is 5.75 Å². The summed E-state index contributed by atoms with van der Waals surface area (Å²) in [6, 6.07) is 4.66. The Kier molecular flexibility index (Phi) is 21.4. The van der Waals surface area contributed by atoms with Gasteiger partial charge in [0.15, 0.2) is 0 Å².